The predicted molar refractivity (Wildman–Crippen MR) is 71.5 cm³/mol. The summed E-state index contributed by atoms with van der Waals surface area (Å²) in [4.78, 5) is 4.53. The average molecular weight is 239 g/mol. The molecule has 0 saturated heterocycles. The fraction of sp³-hybridized carbons (Fsp3) is 0.769. The molecule has 0 saturated carbocycles. The third-order valence-corrected chi connectivity index (χ3v) is 2.85. The first-order valence-corrected chi connectivity index (χ1v) is 6.38. The molecule has 1 atom stereocenters. The van der Waals surface area contributed by atoms with Crippen molar-refractivity contribution in [3.8, 4) is 0 Å². The lowest BCUT2D eigenvalue weighted by molar-refractivity contribution is 0.134. The molecule has 0 fully saturated rings. The number of rotatable bonds is 7. The van der Waals surface area contributed by atoms with Crippen molar-refractivity contribution in [2.75, 3.05) is 25.6 Å². The van der Waals surface area contributed by atoms with Gasteiger partial charge in [-0.05, 0) is 19.3 Å². The summed E-state index contributed by atoms with van der Waals surface area (Å²) in [5.41, 5.74) is 1.05. The van der Waals surface area contributed by atoms with E-state index in [4.69, 9.17) is 4.74 Å². The maximum Gasteiger partial charge on any atom is 0.203 e. The summed E-state index contributed by atoms with van der Waals surface area (Å²) in [6.07, 6.45) is 3.20. The molecule has 4 nitrogen and oxygen atoms in total. The van der Waals surface area contributed by atoms with Crippen LogP contribution >= 0.6 is 0 Å². The first-order valence-electron chi connectivity index (χ1n) is 6.38. The van der Waals surface area contributed by atoms with Gasteiger partial charge in [0.15, 0.2) is 0 Å². The molecule has 4 heteroatoms. The Labute approximate surface area is 104 Å². The van der Waals surface area contributed by atoms with Gasteiger partial charge in [0.25, 0.3) is 0 Å². The fourth-order valence-corrected chi connectivity index (χ4v) is 1.90. The van der Waals surface area contributed by atoms with Crippen LogP contribution in [-0.2, 0) is 4.74 Å². The van der Waals surface area contributed by atoms with Crippen molar-refractivity contribution < 1.29 is 4.74 Å². The summed E-state index contributed by atoms with van der Waals surface area (Å²) in [7, 11) is 1.75. The Morgan fingerprint density at radius 2 is 2.18 bits per heavy atom. The lowest BCUT2D eigenvalue weighted by Crippen LogP contribution is -2.22. The molecule has 0 spiro atoms. The molecule has 1 N–H and O–H groups in total. The van der Waals surface area contributed by atoms with Crippen LogP contribution < -0.4 is 5.32 Å². The number of methoxy groups -OCH3 is 1. The molecule has 17 heavy (non-hydrogen) atoms. The minimum Gasteiger partial charge on any atom is -0.383 e. The van der Waals surface area contributed by atoms with Crippen LogP contribution in [0.15, 0.2) is 6.20 Å². The summed E-state index contributed by atoms with van der Waals surface area (Å²) in [6, 6.07) is 0.334. The second-order valence-corrected chi connectivity index (χ2v) is 4.81. The zero-order valence-corrected chi connectivity index (χ0v) is 11.7. The summed E-state index contributed by atoms with van der Waals surface area (Å²) in [5.74, 6) is 1.48. The van der Waals surface area contributed by atoms with E-state index in [0.717, 1.165) is 24.6 Å². The number of hydrogen-bond donors (Lipinski definition) is 1. The molecule has 0 aliphatic heterocycles. The molecule has 1 aromatic heterocycles. The van der Waals surface area contributed by atoms with Crippen LogP contribution in [0.3, 0.4) is 0 Å². The van der Waals surface area contributed by atoms with Gasteiger partial charge in [0.2, 0.25) is 5.95 Å². The molecule has 0 aromatic carbocycles. The molecular weight excluding hydrogens is 214 g/mol. The molecule has 1 aromatic rings. The van der Waals surface area contributed by atoms with Crippen molar-refractivity contribution in [3.05, 3.63) is 11.9 Å². The van der Waals surface area contributed by atoms with Crippen LogP contribution in [0.1, 0.15) is 38.9 Å². The number of anilines is 1. The second kappa shape index (κ2) is 6.64. The summed E-state index contributed by atoms with van der Waals surface area (Å²) < 4.78 is 7.52. The Balaban J connectivity index is 2.91. The standard InChI is InChI=1S/C13H25N3O/c1-6-7-14-13-15-11(4)8-16(13)12(9-17-5)10(2)3/h8,10,12H,6-7,9H2,1-5H3,(H,14,15). The predicted octanol–water partition coefficient (Wildman–Crippen LogP) is 2.86. The first kappa shape index (κ1) is 14.0. The Hall–Kier alpha value is -1.03. The van der Waals surface area contributed by atoms with Gasteiger partial charge in [0, 0.05) is 19.9 Å². The highest BCUT2D eigenvalue weighted by molar-refractivity contribution is 5.29. The smallest absolute Gasteiger partial charge is 0.203 e. The second-order valence-electron chi connectivity index (χ2n) is 4.81. The van der Waals surface area contributed by atoms with Crippen molar-refractivity contribution in [2.45, 2.75) is 40.2 Å². The highest BCUT2D eigenvalue weighted by atomic mass is 16.5. The van der Waals surface area contributed by atoms with Gasteiger partial charge in [-0.1, -0.05) is 20.8 Å². The van der Waals surface area contributed by atoms with E-state index in [0.29, 0.717) is 18.6 Å². The molecular formula is C13H25N3O. The van der Waals surface area contributed by atoms with Crippen LogP contribution in [0.5, 0.6) is 0 Å². The van der Waals surface area contributed by atoms with Gasteiger partial charge in [-0.25, -0.2) is 4.98 Å². The number of aromatic nitrogens is 2. The van der Waals surface area contributed by atoms with Crippen molar-refractivity contribution in [2.24, 2.45) is 5.92 Å². The summed E-state index contributed by atoms with van der Waals surface area (Å²) in [6.45, 7) is 10.3. The van der Waals surface area contributed by atoms with Crippen LogP contribution in [0.25, 0.3) is 0 Å². The van der Waals surface area contributed by atoms with Gasteiger partial charge >= 0.3 is 0 Å². The van der Waals surface area contributed by atoms with Crippen molar-refractivity contribution >= 4 is 5.95 Å². The minimum atomic E-state index is 0.334. The minimum absolute atomic E-state index is 0.334. The van der Waals surface area contributed by atoms with E-state index >= 15 is 0 Å². The first-order chi connectivity index (χ1) is 8.10. The van der Waals surface area contributed by atoms with Crippen molar-refractivity contribution in [1.82, 2.24) is 9.55 Å². The third-order valence-electron chi connectivity index (χ3n) is 2.85. The Morgan fingerprint density at radius 1 is 1.47 bits per heavy atom. The highest BCUT2D eigenvalue weighted by Gasteiger charge is 2.19. The Morgan fingerprint density at radius 3 is 2.71 bits per heavy atom. The topological polar surface area (TPSA) is 39.1 Å². The van der Waals surface area contributed by atoms with Crippen LogP contribution in [-0.4, -0.2) is 29.8 Å². The number of hydrogen-bond acceptors (Lipinski definition) is 3. The quantitative estimate of drug-likeness (QED) is 0.795. The number of aryl methyl sites for hydroxylation is 1. The van der Waals surface area contributed by atoms with Gasteiger partial charge in [-0.15, -0.1) is 0 Å². The van der Waals surface area contributed by atoms with Crippen LogP contribution in [0, 0.1) is 12.8 Å². The number of imidazole rings is 1. The van der Waals surface area contributed by atoms with Crippen molar-refractivity contribution in [1.29, 1.82) is 0 Å². The number of nitrogens with zero attached hydrogens (tertiary/aromatic N) is 2. The van der Waals surface area contributed by atoms with E-state index < -0.39 is 0 Å². The van der Waals surface area contributed by atoms with Gasteiger partial charge in [0.1, 0.15) is 0 Å². The largest absolute Gasteiger partial charge is 0.383 e. The number of ether oxygens (including phenoxy) is 1. The normalized spacial score (nSPS) is 13.1. The van der Waals surface area contributed by atoms with E-state index in [1.165, 1.54) is 0 Å². The molecule has 98 valence electrons. The average Bonchev–Trinajstić information content (AvgIpc) is 2.63. The third kappa shape index (κ3) is 3.73. The maximum atomic E-state index is 5.31. The molecule has 0 radical (unpaired) electrons. The molecule has 0 aliphatic rings. The summed E-state index contributed by atoms with van der Waals surface area (Å²) in [5, 5.41) is 3.37. The lowest BCUT2D eigenvalue weighted by atomic mass is 10.1. The lowest BCUT2D eigenvalue weighted by Gasteiger charge is -2.23. The number of nitrogens with one attached hydrogen (secondary N) is 1. The van der Waals surface area contributed by atoms with Gasteiger partial charge < -0.3 is 14.6 Å². The highest BCUT2D eigenvalue weighted by Crippen LogP contribution is 2.23. The Bertz CT molecular complexity index is 333. The van der Waals surface area contributed by atoms with E-state index in [2.05, 4.69) is 41.8 Å². The van der Waals surface area contributed by atoms with Crippen molar-refractivity contribution in [3.63, 3.8) is 0 Å². The zero-order chi connectivity index (χ0) is 12.8. The SMILES string of the molecule is CCCNc1nc(C)cn1C(COC)C(C)C. The van der Waals surface area contributed by atoms with Crippen LogP contribution in [0.4, 0.5) is 5.95 Å². The Kier molecular flexibility index (Phi) is 5.48. The van der Waals surface area contributed by atoms with Gasteiger partial charge in [-0.2, -0.15) is 0 Å². The fourth-order valence-electron chi connectivity index (χ4n) is 1.90. The zero-order valence-electron chi connectivity index (χ0n) is 11.7. The van der Waals surface area contributed by atoms with E-state index in [1.54, 1.807) is 7.11 Å². The summed E-state index contributed by atoms with van der Waals surface area (Å²) >= 11 is 0. The molecule has 1 heterocycles. The maximum absolute atomic E-state index is 5.31. The van der Waals surface area contributed by atoms with E-state index in [9.17, 15) is 0 Å². The van der Waals surface area contributed by atoms with Gasteiger partial charge in [0.05, 0.1) is 18.3 Å². The molecule has 0 amide bonds. The van der Waals surface area contributed by atoms with E-state index in [1.807, 2.05) is 6.92 Å². The molecule has 1 rings (SSSR count). The molecule has 0 bridgehead atoms. The van der Waals surface area contributed by atoms with Gasteiger partial charge in [-0.3, -0.25) is 0 Å². The molecule has 1 unspecified atom stereocenters. The van der Waals surface area contributed by atoms with E-state index in [-0.39, 0.29) is 0 Å². The van der Waals surface area contributed by atoms with Crippen LogP contribution in [0.2, 0.25) is 0 Å². The monoisotopic (exact) mass is 239 g/mol. The molecule has 0 aliphatic carbocycles.